The molecule has 0 aliphatic carbocycles. The van der Waals surface area contributed by atoms with Crippen molar-refractivity contribution >= 4 is 11.6 Å². The predicted octanol–water partition coefficient (Wildman–Crippen LogP) is 7.34. The Morgan fingerprint density at radius 3 is 2.54 bits per heavy atom. The molecule has 1 nitrogen and oxygen atoms in total. The fraction of sp³-hybridized carbons (Fsp3) is 0.407. The predicted molar refractivity (Wildman–Crippen MR) is 122 cm³/mol. The zero-order valence-electron chi connectivity index (χ0n) is 18.2. The van der Waals surface area contributed by atoms with E-state index in [2.05, 4.69) is 83.7 Å². The van der Waals surface area contributed by atoms with Crippen molar-refractivity contribution in [3.63, 3.8) is 0 Å². The molecule has 0 saturated heterocycles. The lowest BCUT2D eigenvalue weighted by Crippen LogP contribution is -2.28. The third kappa shape index (κ3) is 4.41. The molecule has 0 unspecified atom stereocenters. The fourth-order valence-electron chi connectivity index (χ4n) is 4.17. The number of aryl methyl sites for hydroxylation is 3. The van der Waals surface area contributed by atoms with E-state index in [1.54, 1.807) is 0 Å². The Kier molecular flexibility index (Phi) is 6.13. The topological polar surface area (TPSA) is 9.23 Å². The lowest BCUT2D eigenvalue weighted by atomic mass is 9.88. The summed E-state index contributed by atoms with van der Waals surface area (Å²) in [5.74, 6) is 1.01. The molecule has 1 heterocycles. The van der Waals surface area contributed by atoms with Crippen LogP contribution in [0.25, 0.3) is 11.6 Å². The van der Waals surface area contributed by atoms with E-state index < -0.39 is 0 Å². The highest BCUT2D eigenvalue weighted by molar-refractivity contribution is 5.69. The van der Waals surface area contributed by atoms with E-state index >= 15 is 0 Å². The first-order valence-electron chi connectivity index (χ1n) is 10.6. The van der Waals surface area contributed by atoms with E-state index in [9.17, 15) is 0 Å². The van der Waals surface area contributed by atoms with Crippen molar-refractivity contribution in [2.24, 2.45) is 0 Å². The van der Waals surface area contributed by atoms with E-state index in [1.807, 2.05) is 0 Å². The molecule has 3 rings (SSSR count). The second-order valence-corrected chi connectivity index (χ2v) is 8.51. The number of fused-ring (bicyclic) bond motifs is 1. The molecule has 0 spiro atoms. The third-order valence-corrected chi connectivity index (χ3v) is 5.71. The maximum Gasteiger partial charge on any atom is 0.128 e. The minimum Gasteiger partial charge on any atom is -0.483 e. The summed E-state index contributed by atoms with van der Waals surface area (Å²) in [6.07, 6.45) is 9.75. The van der Waals surface area contributed by atoms with Crippen molar-refractivity contribution in [2.45, 2.75) is 72.3 Å². The van der Waals surface area contributed by atoms with Gasteiger partial charge in [0.1, 0.15) is 11.4 Å². The minimum absolute atomic E-state index is 0.237. The smallest absolute Gasteiger partial charge is 0.128 e. The highest BCUT2D eigenvalue weighted by atomic mass is 16.5. The lowest BCUT2D eigenvalue weighted by Gasteiger charge is -2.29. The first-order chi connectivity index (χ1) is 13.3. The van der Waals surface area contributed by atoms with Gasteiger partial charge >= 0.3 is 0 Å². The molecule has 0 saturated carbocycles. The van der Waals surface area contributed by atoms with Crippen LogP contribution in [0.1, 0.15) is 73.9 Å². The van der Waals surface area contributed by atoms with Crippen LogP contribution in [0.3, 0.4) is 0 Å². The van der Waals surface area contributed by atoms with E-state index in [0.717, 1.165) is 31.4 Å². The van der Waals surface area contributed by atoms with Gasteiger partial charge in [0, 0.05) is 5.56 Å². The normalized spacial score (nSPS) is 14.5. The first-order valence-corrected chi connectivity index (χ1v) is 10.6. The number of rotatable bonds is 7. The fourth-order valence-corrected chi connectivity index (χ4v) is 4.17. The van der Waals surface area contributed by atoms with Crippen molar-refractivity contribution in [3.05, 3.63) is 76.4 Å². The molecule has 0 amide bonds. The Morgan fingerprint density at radius 2 is 1.86 bits per heavy atom. The zero-order chi connectivity index (χ0) is 20.3. The van der Waals surface area contributed by atoms with Crippen molar-refractivity contribution in [1.29, 1.82) is 0 Å². The Balaban J connectivity index is 1.82. The number of ether oxygens (including phenoxy) is 1. The van der Waals surface area contributed by atoms with E-state index in [4.69, 9.17) is 4.74 Å². The van der Waals surface area contributed by atoms with Gasteiger partial charge in [0.25, 0.3) is 0 Å². The molecule has 0 bridgehead atoms. The minimum atomic E-state index is -0.237. The number of allylic oxidation sites excluding steroid dienone is 1. The molecule has 0 fully saturated rings. The molecule has 2 aromatic carbocycles. The number of benzene rings is 2. The summed E-state index contributed by atoms with van der Waals surface area (Å²) in [4.78, 5) is 0. The molecule has 0 aromatic heterocycles. The molecule has 1 heteroatoms. The average molecular weight is 375 g/mol. The molecule has 0 radical (unpaired) electrons. The zero-order valence-corrected chi connectivity index (χ0v) is 18.2. The van der Waals surface area contributed by atoms with Gasteiger partial charge < -0.3 is 4.74 Å². The Labute approximate surface area is 171 Å². The molecule has 1 aliphatic heterocycles. The quantitative estimate of drug-likeness (QED) is 0.492. The van der Waals surface area contributed by atoms with Gasteiger partial charge in [-0.1, -0.05) is 57.2 Å². The van der Waals surface area contributed by atoms with E-state index in [1.165, 1.54) is 45.4 Å². The summed E-state index contributed by atoms with van der Waals surface area (Å²) >= 11 is 0. The largest absolute Gasteiger partial charge is 0.483 e. The standard InChI is InChI=1S/C27H34O/c1-7-9-21-11-14-23(20(4)18-21)19(3)10-13-24-22(8-2)12-15-26-25(24)16-17-27(5,6)28-26/h11-12,14-18H,3,7-10,13H2,1-2,4-6H3. The summed E-state index contributed by atoms with van der Waals surface area (Å²) in [6, 6.07) is 11.2. The molecule has 2 aromatic rings. The number of hydrogen-bond acceptors (Lipinski definition) is 1. The molecule has 28 heavy (non-hydrogen) atoms. The van der Waals surface area contributed by atoms with Crippen LogP contribution in [0.2, 0.25) is 0 Å². The van der Waals surface area contributed by atoms with Crippen molar-refractivity contribution < 1.29 is 4.74 Å². The van der Waals surface area contributed by atoms with Gasteiger partial charge in [0.15, 0.2) is 0 Å². The van der Waals surface area contributed by atoms with Gasteiger partial charge in [-0.2, -0.15) is 0 Å². The van der Waals surface area contributed by atoms with Gasteiger partial charge in [-0.3, -0.25) is 0 Å². The molecule has 1 aliphatic rings. The summed E-state index contributed by atoms with van der Waals surface area (Å²) in [7, 11) is 0. The summed E-state index contributed by atoms with van der Waals surface area (Å²) < 4.78 is 6.20. The Bertz CT molecular complexity index is 899. The van der Waals surface area contributed by atoms with Crippen LogP contribution in [0.4, 0.5) is 0 Å². The van der Waals surface area contributed by atoms with Crippen molar-refractivity contribution in [1.82, 2.24) is 0 Å². The second-order valence-electron chi connectivity index (χ2n) is 8.51. The summed E-state index contributed by atoms with van der Waals surface area (Å²) in [5, 5.41) is 0. The van der Waals surface area contributed by atoms with Crippen molar-refractivity contribution in [2.75, 3.05) is 0 Å². The second kappa shape index (κ2) is 8.39. The maximum atomic E-state index is 6.20. The molecular formula is C27H34O. The van der Waals surface area contributed by atoms with Gasteiger partial charge in [-0.15, -0.1) is 0 Å². The highest BCUT2D eigenvalue weighted by Crippen LogP contribution is 2.36. The molecular weight excluding hydrogens is 340 g/mol. The van der Waals surface area contributed by atoms with Crippen LogP contribution < -0.4 is 4.74 Å². The van der Waals surface area contributed by atoms with E-state index in [-0.39, 0.29) is 5.60 Å². The molecule has 0 N–H and O–H groups in total. The SMILES string of the molecule is C=C(CCc1c(CC)ccc2c1C=CC(C)(C)O2)c1ccc(CCC)cc1C. The first kappa shape index (κ1) is 20.5. The summed E-state index contributed by atoms with van der Waals surface area (Å²) in [5.41, 5.74) is 9.12. The van der Waals surface area contributed by atoms with Gasteiger partial charge in [0.2, 0.25) is 0 Å². The van der Waals surface area contributed by atoms with Gasteiger partial charge in [-0.25, -0.2) is 0 Å². The summed E-state index contributed by atoms with van der Waals surface area (Å²) in [6.45, 7) is 15.3. The lowest BCUT2D eigenvalue weighted by molar-refractivity contribution is 0.159. The Hall–Kier alpha value is -2.28. The maximum absolute atomic E-state index is 6.20. The monoisotopic (exact) mass is 374 g/mol. The molecule has 148 valence electrons. The van der Waals surface area contributed by atoms with Crippen LogP contribution in [0, 0.1) is 6.92 Å². The average Bonchev–Trinajstić information content (AvgIpc) is 2.65. The van der Waals surface area contributed by atoms with Crippen LogP contribution in [0.5, 0.6) is 5.75 Å². The van der Waals surface area contributed by atoms with Crippen LogP contribution >= 0.6 is 0 Å². The van der Waals surface area contributed by atoms with Crippen LogP contribution in [-0.2, 0) is 19.3 Å². The van der Waals surface area contributed by atoms with Gasteiger partial charge in [-0.05, 0) is 92.0 Å². The van der Waals surface area contributed by atoms with Crippen molar-refractivity contribution in [3.8, 4) is 5.75 Å². The highest BCUT2D eigenvalue weighted by Gasteiger charge is 2.24. The van der Waals surface area contributed by atoms with Crippen LogP contribution in [0.15, 0.2) is 43.0 Å². The number of hydrogen-bond donors (Lipinski definition) is 0. The van der Waals surface area contributed by atoms with E-state index in [0.29, 0.717) is 0 Å². The third-order valence-electron chi connectivity index (χ3n) is 5.71. The molecule has 0 atom stereocenters. The van der Waals surface area contributed by atoms with Gasteiger partial charge in [0.05, 0.1) is 0 Å². The van der Waals surface area contributed by atoms with Crippen LogP contribution in [-0.4, -0.2) is 5.60 Å². The Morgan fingerprint density at radius 1 is 1.07 bits per heavy atom.